The molecule has 4 unspecified atom stereocenters. The number of terminal acetylenes is 1. The third-order valence-corrected chi connectivity index (χ3v) is 11.9. The fourth-order valence-electron chi connectivity index (χ4n) is 7.45. The number of aliphatic hydroxyl groups excluding tert-OH is 1. The number of rotatable bonds is 26. The van der Waals surface area contributed by atoms with Crippen molar-refractivity contribution in [3.63, 3.8) is 0 Å². The second-order valence-electron chi connectivity index (χ2n) is 16.7. The Morgan fingerprint density at radius 3 is 1.66 bits per heavy atom. The summed E-state index contributed by atoms with van der Waals surface area (Å²) >= 11 is 0. The van der Waals surface area contributed by atoms with E-state index in [0.29, 0.717) is 128 Å². The van der Waals surface area contributed by atoms with Crippen LogP contribution in [0.1, 0.15) is 76.1 Å². The van der Waals surface area contributed by atoms with Gasteiger partial charge in [0, 0.05) is 58.9 Å². The molecular formula is C42H65ClF3N16O8-. The third-order valence-electron chi connectivity index (χ3n) is 11.9. The number of amides is 2. The van der Waals surface area contributed by atoms with E-state index in [1.165, 1.54) is 15.6 Å². The molecule has 5 rings (SSSR count). The molecule has 0 radical (unpaired) electrons. The van der Waals surface area contributed by atoms with Gasteiger partial charge in [-0.3, -0.25) is 9.59 Å². The standard InChI is InChI=1S/C42H65F3N16O8.ClH/c1-6-18-66-20-22-68-23-21-67-19-9-48-39-49-40(58-14-10-56(11-15-58)36(63)34(28(4)7-2)60-24-32(52-54-60)30(46)26-62)51-41(50-39)59-16-12-57(13-17-59)37(64)35(29(5)8-3)61-25-33(53-55-61)31(47)27-69-38(65)42(43,44)45;/h1,24-25,28-31,34-35,62H,7-23,26-27,46-47H2,2-5H3,(H,48,49,50,51);1H/p-1/t28-,29-,30?,31?,34?,35?;/m0./s1. The number of anilines is 3. The summed E-state index contributed by atoms with van der Waals surface area (Å²) in [4.78, 5) is 61.4. The summed E-state index contributed by atoms with van der Waals surface area (Å²) in [6.07, 6.45) is 4.32. The topological polar surface area (TPSA) is 285 Å². The molecule has 0 bridgehead atoms. The molecule has 6 N–H and O–H groups in total. The predicted molar refractivity (Wildman–Crippen MR) is 242 cm³/mol. The number of carbonyl (C=O) groups is 3. The zero-order valence-corrected chi connectivity index (χ0v) is 40.7. The van der Waals surface area contributed by atoms with E-state index in [-0.39, 0.29) is 55.0 Å². The minimum Gasteiger partial charge on any atom is -1.00 e. The highest BCUT2D eigenvalue weighted by Crippen LogP contribution is 2.28. The van der Waals surface area contributed by atoms with Crippen LogP contribution in [-0.4, -0.2) is 196 Å². The van der Waals surface area contributed by atoms with Crippen molar-refractivity contribution < 1.29 is 64.0 Å². The number of hydrogen-bond acceptors (Lipinski definition) is 20. The highest BCUT2D eigenvalue weighted by molar-refractivity contribution is 5.81. The predicted octanol–water partition coefficient (Wildman–Crippen LogP) is -2.88. The number of nitrogens with zero attached hydrogens (tertiary/aromatic N) is 13. The summed E-state index contributed by atoms with van der Waals surface area (Å²) in [6.45, 7) is 12.0. The molecule has 24 nitrogen and oxygen atoms in total. The van der Waals surface area contributed by atoms with Gasteiger partial charge in [-0.25, -0.2) is 14.2 Å². The summed E-state index contributed by atoms with van der Waals surface area (Å²) in [7, 11) is 0. The number of ether oxygens (including phenoxy) is 4. The Hall–Kier alpha value is -5.50. The Kier molecular flexibility index (Phi) is 22.7. The molecule has 5 heterocycles. The molecule has 2 saturated heterocycles. The van der Waals surface area contributed by atoms with E-state index >= 15 is 0 Å². The molecular weight excluding hydrogens is 949 g/mol. The molecule has 0 spiro atoms. The van der Waals surface area contributed by atoms with Crippen molar-refractivity contribution in [1.82, 2.24) is 54.7 Å². The number of aromatic nitrogens is 9. The van der Waals surface area contributed by atoms with Crippen LogP contribution in [0.4, 0.5) is 31.0 Å². The van der Waals surface area contributed by atoms with Gasteiger partial charge in [0.25, 0.3) is 0 Å². The monoisotopic (exact) mass is 1010 g/mol. The van der Waals surface area contributed by atoms with E-state index in [2.05, 4.69) is 36.6 Å². The number of esters is 1. The lowest BCUT2D eigenvalue weighted by Gasteiger charge is -2.38. The van der Waals surface area contributed by atoms with Crippen LogP contribution in [0, 0.1) is 24.2 Å². The zero-order chi connectivity index (χ0) is 50.1. The summed E-state index contributed by atoms with van der Waals surface area (Å²) < 4.78 is 61.6. The van der Waals surface area contributed by atoms with Crippen LogP contribution in [0.15, 0.2) is 12.4 Å². The van der Waals surface area contributed by atoms with Crippen LogP contribution in [0.25, 0.3) is 0 Å². The Morgan fingerprint density at radius 2 is 1.21 bits per heavy atom. The average molecular weight is 1010 g/mol. The third kappa shape index (κ3) is 15.8. The van der Waals surface area contributed by atoms with Crippen LogP contribution in [0.2, 0.25) is 0 Å². The minimum absolute atomic E-state index is 0. The van der Waals surface area contributed by atoms with Crippen molar-refractivity contribution in [2.45, 2.75) is 70.9 Å². The van der Waals surface area contributed by atoms with E-state index in [1.54, 1.807) is 16.0 Å². The first-order chi connectivity index (χ1) is 33.1. The maximum absolute atomic E-state index is 14.2. The SMILES string of the molecule is C#CCOCCOCCOCCNc1nc(N2CCN(C(=O)C([C@@H](C)CC)n3cc(C(N)CO)nn3)CC2)nc(N2CCN(C(=O)C([C@@H](C)CC)n3cc(C(N)COC(=O)C(F)(F)F)nn3)CC2)n1.[Cl-]. The van der Waals surface area contributed by atoms with E-state index < -0.39 is 42.9 Å². The fourth-order valence-corrected chi connectivity index (χ4v) is 7.45. The van der Waals surface area contributed by atoms with Gasteiger partial charge in [0.1, 0.15) is 36.7 Å². The highest BCUT2D eigenvalue weighted by atomic mass is 35.5. The van der Waals surface area contributed by atoms with Gasteiger partial charge in [0.15, 0.2) is 0 Å². The second kappa shape index (κ2) is 27.8. The number of nitrogens with one attached hydrogen (secondary N) is 1. The molecule has 0 saturated carbocycles. The zero-order valence-electron chi connectivity index (χ0n) is 39.9. The van der Waals surface area contributed by atoms with Crippen molar-refractivity contribution in [2.75, 3.05) is 127 Å². The van der Waals surface area contributed by atoms with Crippen molar-refractivity contribution in [2.24, 2.45) is 23.3 Å². The largest absolute Gasteiger partial charge is 1.00 e. The van der Waals surface area contributed by atoms with Gasteiger partial charge in [0.2, 0.25) is 29.7 Å². The van der Waals surface area contributed by atoms with Crippen LogP contribution in [-0.2, 0) is 33.3 Å². The first kappa shape index (κ1) is 57.1. The van der Waals surface area contributed by atoms with E-state index in [4.69, 9.17) is 47.1 Å². The minimum atomic E-state index is -5.17. The number of piperazine rings is 2. The van der Waals surface area contributed by atoms with Crippen LogP contribution in [0.3, 0.4) is 0 Å². The maximum atomic E-state index is 14.2. The Balaban J connectivity index is 0.0000107. The maximum Gasteiger partial charge on any atom is 0.490 e. The molecule has 2 fully saturated rings. The Bertz CT molecular complexity index is 2130. The van der Waals surface area contributed by atoms with Crippen molar-refractivity contribution in [3.8, 4) is 12.3 Å². The molecule has 390 valence electrons. The first-order valence-electron chi connectivity index (χ1n) is 23.0. The fraction of sp³-hybridized carbons (Fsp3) is 0.714. The molecule has 28 heteroatoms. The van der Waals surface area contributed by atoms with E-state index in [9.17, 15) is 32.7 Å². The highest BCUT2D eigenvalue weighted by Gasteiger charge is 2.41. The summed E-state index contributed by atoms with van der Waals surface area (Å²) in [5.41, 5.74) is 12.4. The van der Waals surface area contributed by atoms with Crippen molar-refractivity contribution in [3.05, 3.63) is 23.8 Å². The van der Waals surface area contributed by atoms with E-state index in [1.807, 2.05) is 37.5 Å². The molecule has 2 aliphatic rings. The number of carbonyl (C=O) groups excluding carboxylic acids is 3. The quantitative estimate of drug-likeness (QED) is 0.0357. The molecule has 2 amide bonds. The van der Waals surface area contributed by atoms with Gasteiger partial charge < -0.3 is 72.8 Å². The normalized spacial score (nSPS) is 16.9. The van der Waals surface area contributed by atoms with Gasteiger partial charge >= 0.3 is 12.1 Å². The Morgan fingerprint density at radius 1 is 0.757 bits per heavy atom. The lowest BCUT2D eigenvalue weighted by Crippen LogP contribution is -3.00. The van der Waals surface area contributed by atoms with Gasteiger partial charge in [-0.2, -0.15) is 28.1 Å². The molecule has 70 heavy (non-hydrogen) atoms. The van der Waals surface area contributed by atoms with Crippen LogP contribution in [0.5, 0.6) is 0 Å². The lowest BCUT2D eigenvalue weighted by molar-refractivity contribution is -0.200. The Labute approximate surface area is 410 Å². The number of nitrogens with two attached hydrogens (primary N) is 2. The van der Waals surface area contributed by atoms with Gasteiger partial charge in [-0.15, -0.1) is 16.6 Å². The van der Waals surface area contributed by atoms with Crippen LogP contribution >= 0.6 is 0 Å². The van der Waals surface area contributed by atoms with Gasteiger partial charge in [-0.1, -0.05) is 56.9 Å². The van der Waals surface area contributed by atoms with E-state index in [0.717, 1.165) is 0 Å². The summed E-state index contributed by atoms with van der Waals surface area (Å²) in [5.74, 6) is 0.483. The number of aliphatic hydroxyl groups is 1. The molecule has 2 aliphatic heterocycles. The average Bonchev–Trinajstić information content (AvgIpc) is 4.05. The molecule has 3 aromatic rings. The number of alkyl halides is 3. The number of hydrogen-bond donors (Lipinski definition) is 4. The summed E-state index contributed by atoms with van der Waals surface area (Å²) in [6, 6.07) is -3.36. The molecule has 0 aliphatic carbocycles. The van der Waals surface area contributed by atoms with Crippen LogP contribution < -0.4 is 39.0 Å². The first-order valence-corrected chi connectivity index (χ1v) is 23.0. The van der Waals surface area contributed by atoms with Gasteiger partial charge in [-0.05, 0) is 11.8 Å². The smallest absolute Gasteiger partial charge is 0.490 e. The second-order valence-corrected chi connectivity index (χ2v) is 16.7. The molecule has 3 aromatic heterocycles. The lowest BCUT2D eigenvalue weighted by atomic mass is 9.97. The van der Waals surface area contributed by atoms with Gasteiger partial charge in [0.05, 0.1) is 64.1 Å². The number of halogens is 4. The summed E-state index contributed by atoms with van der Waals surface area (Å²) in [5, 5.41) is 29.2. The van der Waals surface area contributed by atoms with Crippen molar-refractivity contribution >= 4 is 35.6 Å². The van der Waals surface area contributed by atoms with Crippen molar-refractivity contribution in [1.29, 1.82) is 0 Å². The molecule has 0 aromatic carbocycles. The molecule has 6 atom stereocenters.